The highest BCUT2D eigenvalue weighted by atomic mass is 16.5. The van der Waals surface area contributed by atoms with Gasteiger partial charge in [-0.2, -0.15) is 0 Å². The Hall–Kier alpha value is -1.22. The first-order valence-electron chi connectivity index (χ1n) is 5.40. The number of para-hydroxylation sites is 1. The van der Waals surface area contributed by atoms with Crippen LogP contribution in [0.5, 0.6) is 11.5 Å². The molecule has 1 atom stereocenters. The average molecular weight is 209 g/mol. The van der Waals surface area contributed by atoms with Crippen molar-refractivity contribution in [3.63, 3.8) is 0 Å². The molecule has 84 valence electrons. The van der Waals surface area contributed by atoms with Crippen LogP contribution in [-0.2, 0) is 0 Å². The van der Waals surface area contributed by atoms with Crippen molar-refractivity contribution in [1.82, 2.24) is 0 Å². The third-order valence-electron chi connectivity index (χ3n) is 2.33. The van der Waals surface area contributed by atoms with E-state index in [0.29, 0.717) is 12.4 Å². The molecule has 0 spiro atoms. The predicted octanol–water partition coefficient (Wildman–Crippen LogP) is 2.59. The lowest BCUT2D eigenvalue weighted by atomic mass is 10.0. The normalized spacial score (nSPS) is 12.5. The van der Waals surface area contributed by atoms with E-state index in [9.17, 15) is 5.11 Å². The van der Waals surface area contributed by atoms with Crippen molar-refractivity contribution >= 4 is 0 Å². The number of rotatable bonds is 5. The molecule has 0 aliphatic carbocycles. The summed E-state index contributed by atoms with van der Waals surface area (Å²) in [5.41, 5.74) is 6.72. The lowest BCUT2D eigenvalue weighted by Gasteiger charge is -2.15. The predicted molar refractivity (Wildman–Crippen MR) is 61.1 cm³/mol. The Labute approximate surface area is 90.9 Å². The van der Waals surface area contributed by atoms with E-state index in [1.165, 1.54) is 0 Å². The molecule has 0 saturated carbocycles. The van der Waals surface area contributed by atoms with Crippen molar-refractivity contribution in [3.05, 3.63) is 23.8 Å². The summed E-state index contributed by atoms with van der Waals surface area (Å²) >= 11 is 0. The molecule has 0 aromatic heterocycles. The van der Waals surface area contributed by atoms with Gasteiger partial charge in [-0.05, 0) is 19.4 Å². The second kappa shape index (κ2) is 5.61. The minimum absolute atomic E-state index is 0.115. The Morgan fingerprint density at radius 3 is 2.73 bits per heavy atom. The van der Waals surface area contributed by atoms with Crippen LogP contribution in [0.1, 0.15) is 38.3 Å². The van der Waals surface area contributed by atoms with E-state index in [2.05, 4.69) is 6.92 Å². The molecule has 3 heteroatoms. The van der Waals surface area contributed by atoms with Gasteiger partial charge in [-0.1, -0.05) is 25.5 Å². The number of phenols is 1. The molecule has 1 rings (SSSR count). The largest absolute Gasteiger partial charge is 0.504 e. The average Bonchev–Trinajstić information content (AvgIpc) is 2.22. The maximum absolute atomic E-state index is 9.91. The van der Waals surface area contributed by atoms with E-state index < -0.39 is 0 Å². The van der Waals surface area contributed by atoms with Crippen LogP contribution in [0, 0.1) is 0 Å². The Kier molecular flexibility index (Phi) is 4.43. The highest BCUT2D eigenvalue weighted by molar-refractivity contribution is 5.46. The van der Waals surface area contributed by atoms with Gasteiger partial charge in [-0.3, -0.25) is 0 Å². The van der Waals surface area contributed by atoms with Crippen molar-refractivity contribution in [2.24, 2.45) is 5.73 Å². The van der Waals surface area contributed by atoms with Gasteiger partial charge in [-0.25, -0.2) is 0 Å². The van der Waals surface area contributed by atoms with Crippen LogP contribution in [0.15, 0.2) is 18.2 Å². The van der Waals surface area contributed by atoms with Crippen LogP contribution in [0.3, 0.4) is 0 Å². The molecule has 3 N–H and O–H groups in total. The van der Waals surface area contributed by atoms with E-state index in [1.807, 2.05) is 19.1 Å². The standard InChI is InChI=1S/C12H19NO2/c1-3-6-10(13)9-7-5-8-11(12(9)14)15-4-2/h5,7-8,10,14H,3-4,6,13H2,1-2H3/t10-/m1/s1. The molecule has 0 bridgehead atoms. The summed E-state index contributed by atoms with van der Waals surface area (Å²) in [6.07, 6.45) is 1.86. The second-order valence-electron chi connectivity index (χ2n) is 3.52. The number of benzene rings is 1. The number of hydrogen-bond donors (Lipinski definition) is 2. The number of nitrogens with two attached hydrogens (primary N) is 1. The van der Waals surface area contributed by atoms with Crippen LogP contribution in [0.2, 0.25) is 0 Å². The molecular formula is C12H19NO2. The van der Waals surface area contributed by atoms with Crippen molar-refractivity contribution in [3.8, 4) is 11.5 Å². The maximum Gasteiger partial charge on any atom is 0.162 e. The van der Waals surface area contributed by atoms with Crippen molar-refractivity contribution in [1.29, 1.82) is 0 Å². The molecular weight excluding hydrogens is 190 g/mol. The van der Waals surface area contributed by atoms with Crippen molar-refractivity contribution < 1.29 is 9.84 Å². The summed E-state index contributed by atoms with van der Waals surface area (Å²) in [4.78, 5) is 0. The molecule has 0 saturated heterocycles. The molecule has 1 aromatic carbocycles. The molecule has 0 heterocycles. The third-order valence-corrected chi connectivity index (χ3v) is 2.33. The van der Waals surface area contributed by atoms with Crippen LogP contribution < -0.4 is 10.5 Å². The van der Waals surface area contributed by atoms with Crippen LogP contribution in [0.25, 0.3) is 0 Å². The van der Waals surface area contributed by atoms with Gasteiger partial charge in [0.05, 0.1) is 6.61 Å². The molecule has 0 amide bonds. The minimum atomic E-state index is -0.115. The molecule has 1 aromatic rings. The second-order valence-corrected chi connectivity index (χ2v) is 3.52. The zero-order chi connectivity index (χ0) is 11.3. The lowest BCUT2D eigenvalue weighted by molar-refractivity contribution is 0.315. The van der Waals surface area contributed by atoms with Gasteiger partial charge in [0.1, 0.15) is 0 Å². The first-order valence-corrected chi connectivity index (χ1v) is 5.40. The molecule has 0 radical (unpaired) electrons. The van der Waals surface area contributed by atoms with Crippen LogP contribution in [0.4, 0.5) is 0 Å². The lowest BCUT2D eigenvalue weighted by Crippen LogP contribution is -2.10. The highest BCUT2D eigenvalue weighted by Crippen LogP contribution is 2.34. The van der Waals surface area contributed by atoms with Crippen molar-refractivity contribution in [2.75, 3.05) is 6.61 Å². The van der Waals surface area contributed by atoms with E-state index in [1.54, 1.807) is 6.07 Å². The topological polar surface area (TPSA) is 55.5 Å². The van der Waals surface area contributed by atoms with Gasteiger partial charge in [0.15, 0.2) is 11.5 Å². The number of phenolic OH excluding ortho intramolecular Hbond substituents is 1. The summed E-state index contributed by atoms with van der Waals surface area (Å²) in [7, 11) is 0. The smallest absolute Gasteiger partial charge is 0.162 e. The summed E-state index contributed by atoms with van der Waals surface area (Å²) in [5.74, 6) is 0.696. The zero-order valence-corrected chi connectivity index (χ0v) is 9.36. The monoisotopic (exact) mass is 209 g/mol. The van der Waals surface area contributed by atoms with E-state index in [4.69, 9.17) is 10.5 Å². The molecule has 15 heavy (non-hydrogen) atoms. The zero-order valence-electron chi connectivity index (χ0n) is 9.36. The summed E-state index contributed by atoms with van der Waals surface area (Å²) in [5, 5.41) is 9.91. The first-order chi connectivity index (χ1) is 7.20. The summed E-state index contributed by atoms with van der Waals surface area (Å²) in [6, 6.07) is 5.34. The van der Waals surface area contributed by atoms with Gasteiger partial charge in [0, 0.05) is 11.6 Å². The Balaban J connectivity index is 2.92. The molecule has 3 nitrogen and oxygen atoms in total. The Morgan fingerprint density at radius 1 is 1.40 bits per heavy atom. The molecule has 0 aliphatic rings. The van der Waals surface area contributed by atoms with Crippen LogP contribution in [-0.4, -0.2) is 11.7 Å². The Bertz CT molecular complexity index is 312. The molecule has 0 unspecified atom stereocenters. The summed E-state index contributed by atoms with van der Waals surface area (Å²) in [6.45, 7) is 4.50. The van der Waals surface area contributed by atoms with Crippen molar-refractivity contribution in [2.45, 2.75) is 32.7 Å². The van der Waals surface area contributed by atoms with Gasteiger partial charge in [-0.15, -0.1) is 0 Å². The fourth-order valence-electron chi connectivity index (χ4n) is 1.58. The fraction of sp³-hybridized carbons (Fsp3) is 0.500. The maximum atomic E-state index is 9.91. The van der Waals surface area contributed by atoms with Gasteiger partial charge >= 0.3 is 0 Å². The molecule has 0 aliphatic heterocycles. The number of ether oxygens (including phenoxy) is 1. The Morgan fingerprint density at radius 2 is 2.13 bits per heavy atom. The summed E-state index contributed by atoms with van der Waals surface area (Å²) < 4.78 is 5.30. The quantitative estimate of drug-likeness (QED) is 0.783. The van der Waals surface area contributed by atoms with Gasteiger partial charge in [0.25, 0.3) is 0 Å². The SMILES string of the molecule is CCC[C@@H](N)c1cccc(OCC)c1O. The van der Waals surface area contributed by atoms with Gasteiger partial charge < -0.3 is 15.6 Å². The third kappa shape index (κ3) is 2.86. The molecule has 0 fully saturated rings. The highest BCUT2D eigenvalue weighted by Gasteiger charge is 2.13. The van der Waals surface area contributed by atoms with Crippen LogP contribution >= 0.6 is 0 Å². The fourth-order valence-corrected chi connectivity index (χ4v) is 1.58. The van der Waals surface area contributed by atoms with E-state index in [0.717, 1.165) is 18.4 Å². The number of hydrogen-bond acceptors (Lipinski definition) is 3. The number of aromatic hydroxyl groups is 1. The van der Waals surface area contributed by atoms with E-state index >= 15 is 0 Å². The van der Waals surface area contributed by atoms with E-state index in [-0.39, 0.29) is 11.8 Å². The van der Waals surface area contributed by atoms with Gasteiger partial charge in [0.2, 0.25) is 0 Å². The first kappa shape index (κ1) is 11.9. The minimum Gasteiger partial charge on any atom is -0.504 e.